The molecule has 0 aromatic rings. The van der Waals surface area contributed by atoms with Gasteiger partial charge in [0.2, 0.25) is 0 Å². The third kappa shape index (κ3) is 3.19. The molecule has 100 valence electrons. The van der Waals surface area contributed by atoms with Crippen LogP contribution in [-0.4, -0.2) is 51.4 Å². The Balaban J connectivity index is 1.77. The van der Waals surface area contributed by atoms with Crippen molar-refractivity contribution in [2.75, 3.05) is 40.1 Å². The second kappa shape index (κ2) is 6.14. The van der Waals surface area contributed by atoms with Crippen molar-refractivity contribution in [3.05, 3.63) is 0 Å². The van der Waals surface area contributed by atoms with Gasteiger partial charge >= 0.3 is 0 Å². The van der Waals surface area contributed by atoms with Crippen molar-refractivity contribution in [2.45, 2.75) is 31.8 Å². The lowest BCUT2D eigenvalue weighted by Gasteiger charge is -2.32. The predicted molar refractivity (Wildman–Crippen MR) is 63.9 cm³/mol. The molecule has 0 amide bonds. The molecule has 2 rings (SSSR count). The van der Waals surface area contributed by atoms with Crippen molar-refractivity contribution in [1.29, 1.82) is 0 Å². The Hall–Kier alpha value is -0.160. The topological polar surface area (TPSA) is 47.9 Å². The molecule has 0 radical (unpaired) electrons. The van der Waals surface area contributed by atoms with Crippen molar-refractivity contribution in [1.82, 2.24) is 0 Å². The molecular formula is C13H24O4. The molecule has 1 aliphatic heterocycles. The monoisotopic (exact) mass is 244 g/mol. The van der Waals surface area contributed by atoms with Crippen molar-refractivity contribution in [2.24, 2.45) is 11.3 Å². The van der Waals surface area contributed by atoms with E-state index in [4.69, 9.17) is 14.2 Å². The van der Waals surface area contributed by atoms with E-state index in [2.05, 4.69) is 0 Å². The van der Waals surface area contributed by atoms with Gasteiger partial charge < -0.3 is 19.3 Å². The van der Waals surface area contributed by atoms with Gasteiger partial charge in [-0.2, -0.15) is 0 Å². The number of ether oxygens (including phenoxy) is 3. The number of aliphatic hydroxyl groups excluding tert-OH is 1. The first kappa shape index (κ1) is 13.3. The van der Waals surface area contributed by atoms with Gasteiger partial charge in [-0.3, -0.25) is 0 Å². The molecule has 2 atom stereocenters. The molecule has 0 spiro atoms. The lowest BCUT2D eigenvalue weighted by Crippen LogP contribution is -2.37. The Bertz CT molecular complexity index is 229. The van der Waals surface area contributed by atoms with E-state index in [1.165, 1.54) is 12.8 Å². The fourth-order valence-electron chi connectivity index (χ4n) is 2.78. The summed E-state index contributed by atoms with van der Waals surface area (Å²) < 4.78 is 16.3. The smallest absolute Gasteiger partial charge is 0.0700 e. The van der Waals surface area contributed by atoms with Crippen molar-refractivity contribution < 1.29 is 19.3 Å². The number of methoxy groups -OCH3 is 1. The molecule has 1 aliphatic carbocycles. The molecule has 0 bridgehead atoms. The summed E-state index contributed by atoms with van der Waals surface area (Å²) in [6.07, 6.45) is 4.65. The van der Waals surface area contributed by atoms with E-state index in [1.54, 1.807) is 7.11 Å². The molecule has 2 aliphatic rings. The van der Waals surface area contributed by atoms with Crippen LogP contribution < -0.4 is 0 Å². The normalized spacial score (nSPS) is 33.2. The molecule has 0 aromatic carbocycles. The van der Waals surface area contributed by atoms with E-state index in [0.717, 1.165) is 19.4 Å². The van der Waals surface area contributed by atoms with Gasteiger partial charge in [-0.25, -0.2) is 0 Å². The molecule has 1 heterocycles. The molecule has 2 fully saturated rings. The summed E-state index contributed by atoms with van der Waals surface area (Å²) in [6, 6.07) is 0. The van der Waals surface area contributed by atoms with Gasteiger partial charge in [-0.05, 0) is 31.6 Å². The maximum Gasteiger partial charge on any atom is 0.0700 e. The summed E-state index contributed by atoms with van der Waals surface area (Å²) >= 11 is 0. The highest BCUT2D eigenvalue weighted by Crippen LogP contribution is 2.49. The quantitative estimate of drug-likeness (QED) is 0.652. The summed E-state index contributed by atoms with van der Waals surface area (Å²) in [7, 11) is 1.67. The highest BCUT2D eigenvalue weighted by molar-refractivity contribution is 4.99. The average molecular weight is 244 g/mol. The molecule has 4 nitrogen and oxygen atoms in total. The minimum absolute atomic E-state index is 0.0474. The number of aliphatic hydroxyl groups is 1. The van der Waals surface area contributed by atoms with E-state index in [0.29, 0.717) is 25.7 Å². The van der Waals surface area contributed by atoms with Crippen LogP contribution in [0.3, 0.4) is 0 Å². The Morgan fingerprint density at radius 1 is 1.29 bits per heavy atom. The Morgan fingerprint density at radius 2 is 2.12 bits per heavy atom. The van der Waals surface area contributed by atoms with Crippen LogP contribution in [-0.2, 0) is 14.2 Å². The zero-order valence-corrected chi connectivity index (χ0v) is 10.7. The minimum atomic E-state index is -0.0474. The molecule has 17 heavy (non-hydrogen) atoms. The number of hydrogen-bond donors (Lipinski definition) is 1. The van der Waals surface area contributed by atoms with E-state index in [-0.39, 0.29) is 18.1 Å². The number of hydrogen-bond acceptors (Lipinski definition) is 4. The van der Waals surface area contributed by atoms with Gasteiger partial charge in [0.25, 0.3) is 0 Å². The van der Waals surface area contributed by atoms with Crippen molar-refractivity contribution >= 4 is 0 Å². The van der Waals surface area contributed by atoms with Crippen LogP contribution in [0.5, 0.6) is 0 Å². The highest BCUT2D eigenvalue weighted by Gasteiger charge is 2.50. The zero-order chi connectivity index (χ0) is 12.1. The van der Waals surface area contributed by atoms with Crippen LogP contribution in [0.15, 0.2) is 0 Å². The molecule has 1 saturated carbocycles. The van der Waals surface area contributed by atoms with E-state index in [1.807, 2.05) is 0 Å². The zero-order valence-electron chi connectivity index (χ0n) is 10.7. The largest absolute Gasteiger partial charge is 0.396 e. The second-order valence-corrected chi connectivity index (χ2v) is 5.25. The van der Waals surface area contributed by atoms with Crippen LogP contribution in [0, 0.1) is 11.3 Å². The summed E-state index contributed by atoms with van der Waals surface area (Å²) in [4.78, 5) is 0. The summed E-state index contributed by atoms with van der Waals surface area (Å²) in [6.45, 7) is 2.97. The summed E-state index contributed by atoms with van der Waals surface area (Å²) in [5.74, 6) is 0.684. The van der Waals surface area contributed by atoms with Crippen LogP contribution in [0.25, 0.3) is 0 Å². The van der Waals surface area contributed by atoms with Gasteiger partial charge in [-0.1, -0.05) is 0 Å². The van der Waals surface area contributed by atoms with E-state index < -0.39 is 0 Å². The summed E-state index contributed by atoms with van der Waals surface area (Å²) in [5, 5.41) is 9.71. The van der Waals surface area contributed by atoms with Crippen LogP contribution in [0.1, 0.15) is 25.7 Å². The standard InChI is InChI=1S/C13H24O4/c1-15-8-9-16-6-4-13(10-14)5-7-17-12(13)11-2-3-11/h11-12,14H,2-10H2,1H3. The SMILES string of the molecule is COCCOCCC1(CO)CCOC1C1CC1. The van der Waals surface area contributed by atoms with Crippen molar-refractivity contribution in [3.8, 4) is 0 Å². The van der Waals surface area contributed by atoms with Gasteiger partial charge in [0.05, 0.1) is 25.9 Å². The fourth-order valence-corrected chi connectivity index (χ4v) is 2.78. The lowest BCUT2D eigenvalue weighted by atomic mass is 9.77. The first-order valence-electron chi connectivity index (χ1n) is 6.61. The van der Waals surface area contributed by atoms with Crippen LogP contribution in [0.4, 0.5) is 0 Å². The van der Waals surface area contributed by atoms with Crippen molar-refractivity contribution in [3.63, 3.8) is 0 Å². The predicted octanol–water partition coefficient (Wildman–Crippen LogP) is 1.22. The van der Waals surface area contributed by atoms with Crippen LogP contribution in [0.2, 0.25) is 0 Å². The van der Waals surface area contributed by atoms with Gasteiger partial charge in [0.15, 0.2) is 0 Å². The maximum absolute atomic E-state index is 9.71. The summed E-state index contributed by atoms with van der Waals surface area (Å²) in [5.41, 5.74) is -0.0474. The van der Waals surface area contributed by atoms with Crippen LogP contribution >= 0.6 is 0 Å². The van der Waals surface area contributed by atoms with Gasteiger partial charge in [0, 0.05) is 25.7 Å². The van der Waals surface area contributed by atoms with E-state index in [9.17, 15) is 5.11 Å². The van der Waals surface area contributed by atoms with E-state index >= 15 is 0 Å². The molecule has 1 N–H and O–H groups in total. The van der Waals surface area contributed by atoms with Gasteiger partial charge in [0.1, 0.15) is 0 Å². The maximum atomic E-state index is 9.71. The fraction of sp³-hybridized carbons (Fsp3) is 1.00. The lowest BCUT2D eigenvalue weighted by molar-refractivity contribution is -0.0242. The molecule has 1 saturated heterocycles. The highest BCUT2D eigenvalue weighted by atomic mass is 16.5. The molecule has 0 aromatic heterocycles. The third-order valence-corrected chi connectivity index (χ3v) is 4.04. The Morgan fingerprint density at radius 3 is 2.76 bits per heavy atom. The first-order chi connectivity index (χ1) is 8.32. The minimum Gasteiger partial charge on any atom is -0.396 e. The second-order valence-electron chi connectivity index (χ2n) is 5.25. The first-order valence-corrected chi connectivity index (χ1v) is 6.61. The molecule has 4 heteroatoms. The molecular weight excluding hydrogens is 220 g/mol. The Kier molecular flexibility index (Phi) is 4.79. The average Bonchev–Trinajstić information content (AvgIpc) is 3.10. The third-order valence-electron chi connectivity index (χ3n) is 4.04. The van der Waals surface area contributed by atoms with Gasteiger partial charge in [-0.15, -0.1) is 0 Å². The number of rotatable bonds is 8. The Labute approximate surface area is 103 Å². The molecule has 2 unspecified atom stereocenters.